The average Bonchev–Trinajstić information content (AvgIpc) is 2.94. The molecule has 140 valence electrons. The molecule has 0 spiro atoms. The van der Waals surface area contributed by atoms with Crippen LogP contribution in [0.2, 0.25) is 0 Å². The van der Waals surface area contributed by atoms with Crippen molar-refractivity contribution in [3.05, 3.63) is 57.8 Å². The minimum atomic E-state index is -0.324. The van der Waals surface area contributed by atoms with Crippen LogP contribution in [0.1, 0.15) is 35.5 Å². The number of amides is 2. The van der Waals surface area contributed by atoms with E-state index >= 15 is 0 Å². The van der Waals surface area contributed by atoms with Gasteiger partial charge in [0, 0.05) is 32.7 Å². The Bertz CT molecular complexity index is 1040. The summed E-state index contributed by atoms with van der Waals surface area (Å²) in [6.07, 6.45) is 0. The van der Waals surface area contributed by atoms with Gasteiger partial charge in [0.2, 0.25) is 5.91 Å². The van der Waals surface area contributed by atoms with Crippen molar-refractivity contribution in [2.24, 2.45) is 5.92 Å². The third kappa shape index (κ3) is 4.06. The number of carbonyl (C=O) groups is 2. The lowest BCUT2D eigenvalue weighted by Crippen LogP contribution is -2.18. The molecular weight excluding hydrogens is 408 g/mol. The molecule has 6 heteroatoms. The Morgan fingerprint density at radius 2 is 1.78 bits per heavy atom. The number of furan rings is 1. The minimum Gasteiger partial charge on any atom is -0.451 e. The Labute approximate surface area is 166 Å². The van der Waals surface area contributed by atoms with Crippen LogP contribution in [0.25, 0.3) is 11.0 Å². The minimum absolute atomic E-state index is 0.0742. The van der Waals surface area contributed by atoms with Gasteiger partial charge in [-0.05, 0) is 49.7 Å². The van der Waals surface area contributed by atoms with Crippen LogP contribution >= 0.6 is 15.9 Å². The average molecular weight is 429 g/mol. The van der Waals surface area contributed by atoms with Crippen LogP contribution in [0.3, 0.4) is 0 Å². The number of hydrogen-bond donors (Lipinski definition) is 2. The molecule has 0 unspecified atom stereocenters. The number of hydrogen-bond acceptors (Lipinski definition) is 3. The molecule has 0 bridgehead atoms. The van der Waals surface area contributed by atoms with Crippen molar-refractivity contribution in [1.82, 2.24) is 0 Å². The first-order valence-electron chi connectivity index (χ1n) is 8.67. The SMILES string of the molecule is Cc1ccc(NC(=O)C(C)C)cc1NC(=O)c1oc2ccc(Br)cc2c1C. The van der Waals surface area contributed by atoms with E-state index in [-0.39, 0.29) is 23.5 Å². The van der Waals surface area contributed by atoms with Crippen LogP contribution < -0.4 is 10.6 Å². The zero-order valence-corrected chi connectivity index (χ0v) is 17.2. The maximum absolute atomic E-state index is 12.8. The highest BCUT2D eigenvalue weighted by atomic mass is 79.9. The second-order valence-corrected chi connectivity index (χ2v) is 7.74. The van der Waals surface area contributed by atoms with E-state index in [2.05, 4.69) is 26.6 Å². The standard InChI is InChI=1S/C21H21BrN2O3/c1-11(2)20(25)23-15-7-5-12(3)17(10-15)24-21(26)19-13(4)16-9-14(22)6-8-18(16)27-19/h5-11H,1-4H3,(H,23,25)(H,24,26). The predicted molar refractivity (Wildman–Crippen MR) is 111 cm³/mol. The molecule has 1 aromatic heterocycles. The highest BCUT2D eigenvalue weighted by Gasteiger charge is 2.19. The summed E-state index contributed by atoms with van der Waals surface area (Å²) in [6, 6.07) is 11.1. The normalized spacial score (nSPS) is 11.0. The first-order valence-corrected chi connectivity index (χ1v) is 9.47. The molecule has 0 saturated heterocycles. The highest BCUT2D eigenvalue weighted by Crippen LogP contribution is 2.29. The lowest BCUT2D eigenvalue weighted by molar-refractivity contribution is -0.118. The molecule has 3 rings (SSSR count). The van der Waals surface area contributed by atoms with Gasteiger partial charge in [-0.1, -0.05) is 35.8 Å². The zero-order chi connectivity index (χ0) is 19.7. The van der Waals surface area contributed by atoms with Crippen LogP contribution in [0, 0.1) is 19.8 Å². The van der Waals surface area contributed by atoms with Crippen molar-refractivity contribution in [2.45, 2.75) is 27.7 Å². The lowest BCUT2D eigenvalue weighted by atomic mass is 10.1. The fourth-order valence-corrected chi connectivity index (χ4v) is 3.07. The summed E-state index contributed by atoms with van der Waals surface area (Å²) in [5, 5.41) is 6.63. The van der Waals surface area contributed by atoms with Gasteiger partial charge >= 0.3 is 0 Å². The largest absolute Gasteiger partial charge is 0.451 e. The molecule has 1 heterocycles. The van der Waals surface area contributed by atoms with Crippen LogP contribution in [0.4, 0.5) is 11.4 Å². The molecule has 0 radical (unpaired) electrons. The van der Waals surface area contributed by atoms with E-state index in [0.717, 1.165) is 21.0 Å². The van der Waals surface area contributed by atoms with E-state index in [1.165, 1.54) is 0 Å². The van der Waals surface area contributed by atoms with Gasteiger partial charge in [0.05, 0.1) is 0 Å². The van der Waals surface area contributed by atoms with Gasteiger partial charge in [-0.25, -0.2) is 0 Å². The number of carbonyl (C=O) groups excluding carboxylic acids is 2. The molecule has 2 amide bonds. The molecule has 3 aromatic rings. The number of nitrogens with one attached hydrogen (secondary N) is 2. The molecule has 0 fully saturated rings. The maximum Gasteiger partial charge on any atom is 0.291 e. The molecule has 0 saturated carbocycles. The second kappa shape index (κ2) is 7.56. The molecule has 0 aliphatic heterocycles. The monoisotopic (exact) mass is 428 g/mol. The first-order chi connectivity index (χ1) is 12.8. The maximum atomic E-state index is 12.8. The highest BCUT2D eigenvalue weighted by molar-refractivity contribution is 9.10. The summed E-state index contributed by atoms with van der Waals surface area (Å²) < 4.78 is 6.68. The summed E-state index contributed by atoms with van der Waals surface area (Å²) in [5.41, 5.74) is 3.60. The molecule has 0 aliphatic rings. The molecule has 2 N–H and O–H groups in total. The second-order valence-electron chi connectivity index (χ2n) is 6.82. The quantitative estimate of drug-likeness (QED) is 0.562. The third-order valence-electron chi connectivity index (χ3n) is 4.38. The third-order valence-corrected chi connectivity index (χ3v) is 4.88. The molecule has 0 aliphatic carbocycles. The van der Waals surface area contributed by atoms with Crippen molar-refractivity contribution < 1.29 is 14.0 Å². The first kappa shape index (κ1) is 19.2. The summed E-state index contributed by atoms with van der Waals surface area (Å²) in [4.78, 5) is 24.7. The molecule has 0 atom stereocenters. The van der Waals surface area contributed by atoms with Crippen molar-refractivity contribution in [1.29, 1.82) is 0 Å². The van der Waals surface area contributed by atoms with E-state index in [1.807, 2.05) is 58.0 Å². The Kier molecular flexibility index (Phi) is 5.37. The van der Waals surface area contributed by atoms with Gasteiger partial charge in [0.1, 0.15) is 5.58 Å². The van der Waals surface area contributed by atoms with Crippen LogP contribution in [0.5, 0.6) is 0 Å². The van der Waals surface area contributed by atoms with Crippen LogP contribution in [0.15, 0.2) is 45.3 Å². The number of aryl methyl sites for hydroxylation is 2. The Morgan fingerprint density at radius 1 is 1.04 bits per heavy atom. The van der Waals surface area contributed by atoms with E-state index in [1.54, 1.807) is 6.07 Å². The number of halogens is 1. The van der Waals surface area contributed by atoms with E-state index in [9.17, 15) is 9.59 Å². The number of anilines is 2. The fourth-order valence-electron chi connectivity index (χ4n) is 2.71. The van der Waals surface area contributed by atoms with Gasteiger partial charge in [-0.2, -0.15) is 0 Å². The van der Waals surface area contributed by atoms with Gasteiger partial charge in [-0.3, -0.25) is 9.59 Å². The smallest absolute Gasteiger partial charge is 0.291 e. The Hall–Kier alpha value is -2.60. The molecule has 2 aromatic carbocycles. The summed E-state index contributed by atoms with van der Waals surface area (Å²) in [6.45, 7) is 7.41. The topological polar surface area (TPSA) is 71.3 Å². The van der Waals surface area contributed by atoms with Crippen LogP contribution in [-0.2, 0) is 4.79 Å². The van der Waals surface area contributed by atoms with Gasteiger partial charge in [0.25, 0.3) is 5.91 Å². The van der Waals surface area contributed by atoms with Crippen molar-refractivity contribution in [2.75, 3.05) is 10.6 Å². The Morgan fingerprint density at radius 3 is 2.48 bits per heavy atom. The van der Waals surface area contributed by atoms with Gasteiger partial charge in [-0.15, -0.1) is 0 Å². The summed E-state index contributed by atoms with van der Waals surface area (Å²) >= 11 is 3.44. The Balaban J connectivity index is 1.88. The van der Waals surface area contributed by atoms with Crippen molar-refractivity contribution >= 4 is 50.1 Å². The van der Waals surface area contributed by atoms with E-state index in [0.29, 0.717) is 17.0 Å². The number of benzene rings is 2. The number of rotatable bonds is 4. The molecule has 27 heavy (non-hydrogen) atoms. The summed E-state index contributed by atoms with van der Waals surface area (Å²) in [7, 11) is 0. The van der Waals surface area contributed by atoms with Gasteiger partial charge < -0.3 is 15.1 Å². The zero-order valence-electron chi connectivity index (χ0n) is 15.6. The fraction of sp³-hybridized carbons (Fsp3) is 0.238. The van der Waals surface area contributed by atoms with Crippen molar-refractivity contribution in [3.8, 4) is 0 Å². The van der Waals surface area contributed by atoms with E-state index in [4.69, 9.17) is 4.42 Å². The molecular formula is C21H21BrN2O3. The van der Waals surface area contributed by atoms with Crippen LogP contribution in [-0.4, -0.2) is 11.8 Å². The summed E-state index contributed by atoms with van der Waals surface area (Å²) in [5.74, 6) is -0.244. The number of fused-ring (bicyclic) bond motifs is 1. The van der Waals surface area contributed by atoms with Crippen molar-refractivity contribution in [3.63, 3.8) is 0 Å². The van der Waals surface area contributed by atoms with Gasteiger partial charge in [0.15, 0.2) is 5.76 Å². The predicted octanol–water partition coefficient (Wildman–Crippen LogP) is 5.66. The lowest BCUT2D eigenvalue weighted by Gasteiger charge is -2.12. The van der Waals surface area contributed by atoms with E-state index < -0.39 is 0 Å². The molecule has 5 nitrogen and oxygen atoms in total.